The van der Waals surface area contributed by atoms with Crippen molar-refractivity contribution in [2.24, 2.45) is 0 Å². The van der Waals surface area contributed by atoms with Crippen LogP contribution in [0.3, 0.4) is 0 Å². The zero-order valence-corrected chi connectivity index (χ0v) is 15.9. The van der Waals surface area contributed by atoms with Gasteiger partial charge in [0.2, 0.25) is 0 Å². The van der Waals surface area contributed by atoms with Crippen LogP contribution in [0.5, 0.6) is 5.75 Å². The summed E-state index contributed by atoms with van der Waals surface area (Å²) >= 11 is 0. The molecule has 4 aromatic rings. The molecule has 2 heterocycles. The van der Waals surface area contributed by atoms with Gasteiger partial charge in [0.25, 0.3) is 5.91 Å². The van der Waals surface area contributed by atoms with Crippen LogP contribution in [-0.2, 0) is 6.54 Å². The number of hydrogen-bond acceptors (Lipinski definition) is 4. The number of carbonyl (C=O) groups excluding carboxylic acids is 1. The first-order valence-electron chi connectivity index (χ1n) is 9.20. The van der Waals surface area contributed by atoms with Gasteiger partial charge in [-0.2, -0.15) is 5.10 Å². The van der Waals surface area contributed by atoms with Crippen molar-refractivity contribution < 1.29 is 9.53 Å². The Labute approximate surface area is 168 Å². The SMILES string of the molecule is COc1ccnc(-n2cc(C(=O)NCc3cccc(-c4ccccc4)c3)cn2)c1. The van der Waals surface area contributed by atoms with Crippen LogP contribution in [0.1, 0.15) is 15.9 Å². The van der Waals surface area contributed by atoms with Gasteiger partial charge in [0, 0.05) is 25.0 Å². The second kappa shape index (κ2) is 8.39. The van der Waals surface area contributed by atoms with Crippen molar-refractivity contribution in [1.82, 2.24) is 20.1 Å². The summed E-state index contributed by atoms with van der Waals surface area (Å²) in [6, 6.07) is 21.8. The summed E-state index contributed by atoms with van der Waals surface area (Å²) in [7, 11) is 1.59. The number of ether oxygens (including phenoxy) is 1. The summed E-state index contributed by atoms with van der Waals surface area (Å²) in [6.07, 6.45) is 4.81. The quantitative estimate of drug-likeness (QED) is 0.548. The summed E-state index contributed by atoms with van der Waals surface area (Å²) < 4.78 is 6.75. The number of methoxy groups -OCH3 is 1. The van der Waals surface area contributed by atoms with Crippen LogP contribution in [0.25, 0.3) is 16.9 Å². The number of pyridine rings is 1. The predicted octanol–water partition coefficient (Wildman–Crippen LogP) is 3.87. The highest BCUT2D eigenvalue weighted by Crippen LogP contribution is 2.20. The average molecular weight is 384 g/mol. The van der Waals surface area contributed by atoms with Crippen LogP contribution in [0.2, 0.25) is 0 Å². The number of benzene rings is 2. The molecule has 6 heteroatoms. The third-order valence-corrected chi connectivity index (χ3v) is 4.52. The Morgan fingerprint density at radius 3 is 2.69 bits per heavy atom. The van der Waals surface area contributed by atoms with Gasteiger partial charge in [-0.1, -0.05) is 48.5 Å². The van der Waals surface area contributed by atoms with Crippen LogP contribution in [0.4, 0.5) is 0 Å². The van der Waals surface area contributed by atoms with E-state index in [1.165, 1.54) is 6.20 Å². The van der Waals surface area contributed by atoms with Gasteiger partial charge < -0.3 is 10.1 Å². The molecule has 6 nitrogen and oxygen atoms in total. The molecule has 0 spiro atoms. The van der Waals surface area contributed by atoms with Gasteiger partial charge in [-0.25, -0.2) is 9.67 Å². The lowest BCUT2D eigenvalue weighted by molar-refractivity contribution is 0.0951. The minimum Gasteiger partial charge on any atom is -0.497 e. The molecule has 0 aliphatic heterocycles. The van der Waals surface area contributed by atoms with Crippen molar-refractivity contribution in [3.63, 3.8) is 0 Å². The van der Waals surface area contributed by atoms with E-state index < -0.39 is 0 Å². The first-order valence-corrected chi connectivity index (χ1v) is 9.20. The molecular weight excluding hydrogens is 364 g/mol. The summed E-state index contributed by atoms with van der Waals surface area (Å²) in [5.41, 5.74) is 3.76. The average Bonchev–Trinajstić information content (AvgIpc) is 3.29. The van der Waals surface area contributed by atoms with Gasteiger partial charge in [0.05, 0.1) is 18.9 Å². The fourth-order valence-corrected chi connectivity index (χ4v) is 2.99. The Morgan fingerprint density at radius 2 is 1.86 bits per heavy atom. The van der Waals surface area contributed by atoms with Crippen molar-refractivity contribution in [3.8, 4) is 22.7 Å². The van der Waals surface area contributed by atoms with Crippen molar-refractivity contribution in [1.29, 1.82) is 0 Å². The molecule has 0 aliphatic carbocycles. The second-order valence-electron chi connectivity index (χ2n) is 6.48. The number of carbonyl (C=O) groups is 1. The zero-order valence-electron chi connectivity index (χ0n) is 15.9. The number of rotatable bonds is 6. The molecule has 2 aromatic heterocycles. The number of hydrogen-bond donors (Lipinski definition) is 1. The van der Waals surface area contributed by atoms with Crippen LogP contribution in [-0.4, -0.2) is 27.8 Å². The number of nitrogens with zero attached hydrogens (tertiary/aromatic N) is 3. The summed E-state index contributed by atoms with van der Waals surface area (Å²) in [4.78, 5) is 16.8. The van der Waals surface area contributed by atoms with E-state index in [9.17, 15) is 4.79 Å². The fraction of sp³-hybridized carbons (Fsp3) is 0.0870. The lowest BCUT2D eigenvalue weighted by Gasteiger charge is -2.07. The van der Waals surface area contributed by atoms with E-state index >= 15 is 0 Å². The molecule has 0 atom stereocenters. The summed E-state index contributed by atoms with van der Waals surface area (Å²) in [5.74, 6) is 1.07. The Hall–Kier alpha value is -3.93. The highest BCUT2D eigenvalue weighted by atomic mass is 16.5. The molecule has 4 rings (SSSR count). The second-order valence-corrected chi connectivity index (χ2v) is 6.48. The van der Waals surface area contributed by atoms with Crippen molar-refractivity contribution >= 4 is 5.91 Å². The lowest BCUT2D eigenvalue weighted by atomic mass is 10.0. The van der Waals surface area contributed by atoms with Crippen molar-refractivity contribution in [3.05, 3.63) is 96.4 Å². The fourth-order valence-electron chi connectivity index (χ4n) is 2.99. The topological polar surface area (TPSA) is 69.0 Å². The minimum atomic E-state index is -0.190. The van der Waals surface area contributed by atoms with Gasteiger partial charge in [0.15, 0.2) is 5.82 Å². The van der Waals surface area contributed by atoms with Gasteiger partial charge >= 0.3 is 0 Å². The van der Waals surface area contributed by atoms with E-state index in [1.807, 2.05) is 30.3 Å². The van der Waals surface area contributed by atoms with Gasteiger partial charge in [-0.05, 0) is 28.8 Å². The van der Waals surface area contributed by atoms with Gasteiger partial charge in [-0.15, -0.1) is 0 Å². The molecular formula is C23H20N4O2. The molecule has 0 aliphatic rings. The largest absolute Gasteiger partial charge is 0.497 e. The first-order chi connectivity index (χ1) is 14.2. The standard InChI is InChI=1S/C23H20N4O2/c1-29-21-10-11-24-22(13-21)27-16-20(15-26-27)23(28)25-14-17-6-5-9-19(12-17)18-7-3-2-4-8-18/h2-13,15-16H,14H2,1H3,(H,25,28). The number of aromatic nitrogens is 3. The smallest absolute Gasteiger partial charge is 0.254 e. The molecule has 29 heavy (non-hydrogen) atoms. The Kier molecular flexibility index (Phi) is 5.33. The third-order valence-electron chi connectivity index (χ3n) is 4.52. The first kappa shape index (κ1) is 18.4. The van der Waals surface area contributed by atoms with Gasteiger partial charge in [-0.3, -0.25) is 4.79 Å². The Balaban J connectivity index is 1.44. The van der Waals surface area contributed by atoms with E-state index in [0.717, 1.165) is 16.7 Å². The van der Waals surface area contributed by atoms with Crippen LogP contribution >= 0.6 is 0 Å². The summed E-state index contributed by atoms with van der Waals surface area (Å²) in [5, 5.41) is 7.17. The van der Waals surface area contributed by atoms with Crippen LogP contribution in [0.15, 0.2) is 85.3 Å². The lowest BCUT2D eigenvalue weighted by Crippen LogP contribution is -2.22. The summed E-state index contributed by atoms with van der Waals surface area (Å²) in [6.45, 7) is 0.433. The van der Waals surface area contributed by atoms with E-state index in [4.69, 9.17) is 4.74 Å². The van der Waals surface area contributed by atoms with E-state index in [-0.39, 0.29) is 5.91 Å². The van der Waals surface area contributed by atoms with E-state index in [0.29, 0.717) is 23.7 Å². The molecule has 1 amide bonds. The highest BCUT2D eigenvalue weighted by Gasteiger charge is 2.10. The molecule has 2 aromatic carbocycles. The Morgan fingerprint density at radius 1 is 1.03 bits per heavy atom. The Bertz CT molecular complexity index is 1120. The van der Waals surface area contributed by atoms with Crippen molar-refractivity contribution in [2.75, 3.05) is 7.11 Å². The van der Waals surface area contributed by atoms with Crippen molar-refractivity contribution in [2.45, 2.75) is 6.54 Å². The highest BCUT2D eigenvalue weighted by molar-refractivity contribution is 5.93. The van der Waals surface area contributed by atoms with E-state index in [1.54, 1.807) is 36.3 Å². The maximum atomic E-state index is 12.5. The third kappa shape index (κ3) is 4.32. The number of nitrogens with one attached hydrogen (secondary N) is 1. The number of amides is 1. The normalized spacial score (nSPS) is 10.5. The maximum absolute atomic E-state index is 12.5. The molecule has 1 N–H and O–H groups in total. The zero-order chi connectivity index (χ0) is 20.1. The van der Waals surface area contributed by atoms with Crippen LogP contribution < -0.4 is 10.1 Å². The molecule has 144 valence electrons. The molecule has 0 unspecified atom stereocenters. The monoisotopic (exact) mass is 384 g/mol. The molecule has 0 fully saturated rings. The minimum absolute atomic E-state index is 0.190. The van der Waals surface area contributed by atoms with E-state index in [2.05, 4.69) is 39.7 Å². The maximum Gasteiger partial charge on any atom is 0.254 e. The predicted molar refractivity (Wildman–Crippen MR) is 111 cm³/mol. The molecule has 0 radical (unpaired) electrons. The molecule has 0 saturated heterocycles. The van der Waals surface area contributed by atoms with Crippen LogP contribution in [0, 0.1) is 0 Å². The van der Waals surface area contributed by atoms with Gasteiger partial charge in [0.1, 0.15) is 5.75 Å². The molecule has 0 bridgehead atoms. The molecule has 0 saturated carbocycles.